The van der Waals surface area contributed by atoms with Crippen LogP contribution in [0.2, 0.25) is 0 Å². The fraction of sp³-hybridized carbons (Fsp3) is 0.333. The molecule has 0 saturated heterocycles. The highest BCUT2D eigenvalue weighted by atomic mass is 16.4. The average molecular weight is 289 g/mol. The number of carboxylic acids is 1. The molecule has 1 aromatic carbocycles. The van der Waals surface area contributed by atoms with E-state index >= 15 is 0 Å². The molecular formula is C15H19N3O3. The van der Waals surface area contributed by atoms with E-state index in [-0.39, 0.29) is 18.2 Å². The van der Waals surface area contributed by atoms with Crippen molar-refractivity contribution in [3.8, 4) is 5.69 Å². The Hall–Kier alpha value is -2.34. The van der Waals surface area contributed by atoms with Gasteiger partial charge in [0.1, 0.15) is 0 Å². The molecule has 112 valence electrons. The first-order chi connectivity index (χ1) is 9.90. The van der Waals surface area contributed by atoms with Gasteiger partial charge >= 0.3 is 11.7 Å². The molecule has 1 unspecified atom stereocenters. The smallest absolute Gasteiger partial charge is 0.332 e. The van der Waals surface area contributed by atoms with Crippen LogP contribution >= 0.6 is 0 Å². The standard InChI is InChI=1S/C15H19N3O3/c1-10-9-17(2)15(21)18(10)12-5-3-4-11(8-12)13(16)6-7-14(19)20/h3-5,8-9,13H,6-7,16H2,1-2H3,(H,19,20). The summed E-state index contributed by atoms with van der Waals surface area (Å²) in [6, 6.07) is 6.98. The Morgan fingerprint density at radius 3 is 2.71 bits per heavy atom. The van der Waals surface area contributed by atoms with E-state index in [1.807, 2.05) is 31.2 Å². The van der Waals surface area contributed by atoms with E-state index in [2.05, 4.69) is 0 Å². The molecule has 0 radical (unpaired) electrons. The lowest BCUT2D eigenvalue weighted by molar-refractivity contribution is -0.137. The van der Waals surface area contributed by atoms with Crippen LogP contribution in [-0.4, -0.2) is 20.2 Å². The van der Waals surface area contributed by atoms with E-state index in [1.165, 1.54) is 4.57 Å². The molecule has 1 atom stereocenters. The number of aliphatic carboxylic acids is 1. The second kappa shape index (κ2) is 5.97. The summed E-state index contributed by atoms with van der Waals surface area (Å²) in [5, 5.41) is 8.71. The van der Waals surface area contributed by atoms with Gasteiger partial charge in [0.15, 0.2) is 0 Å². The Morgan fingerprint density at radius 2 is 2.14 bits per heavy atom. The largest absolute Gasteiger partial charge is 0.481 e. The summed E-state index contributed by atoms with van der Waals surface area (Å²) in [4.78, 5) is 22.7. The number of carboxylic acid groups (broad SMARTS) is 1. The molecule has 6 nitrogen and oxygen atoms in total. The highest BCUT2D eigenvalue weighted by molar-refractivity contribution is 5.66. The molecule has 6 heteroatoms. The van der Waals surface area contributed by atoms with Crippen molar-refractivity contribution in [1.29, 1.82) is 0 Å². The molecule has 0 fully saturated rings. The van der Waals surface area contributed by atoms with Gasteiger partial charge in [-0.3, -0.25) is 9.36 Å². The van der Waals surface area contributed by atoms with Gasteiger partial charge < -0.3 is 15.4 Å². The maximum atomic E-state index is 12.1. The Bertz CT molecular complexity index is 715. The third-order valence-corrected chi connectivity index (χ3v) is 3.45. The second-order valence-electron chi connectivity index (χ2n) is 5.13. The summed E-state index contributed by atoms with van der Waals surface area (Å²) >= 11 is 0. The van der Waals surface area contributed by atoms with Gasteiger partial charge in [-0.25, -0.2) is 4.79 Å². The predicted octanol–water partition coefficient (Wildman–Crippen LogP) is 1.35. The Balaban J connectivity index is 2.33. The van der Waals surface area contributed by atoms with E-state index < -0.39 is 5.97 Å². The Kier molecular flexibility index (Phi) is 4.28. The quantitative estimate of drug-likeness (QED) is 0.869. The van der Waals surface area contributed by atoms with Gasteiger partial charge in [-0.1, -0.05) is 12.1 Å². The summed E-state index contributed by atoms with van der Waals surface area (Å²) in [5.41, 5.74) is 8.29. The van der Waals surface area contributed by atoms with Crippen molar-refractivity contribution in [2.75, 3.05) is 0 Å². The van der Waals surface area contributed by atoms with Gasteiger partial charge in [-0.05, 0) is 31.0 Å². The second-order valence-corrected chi connectivity index (χ2v) is 5.13. The highest BCUT2D eigenvalue weighted by Crippen LogP contribution is 2.19. The van der Waals surface area contributed by atoms with Crippen LogP contribution in [0.3, 0.4) is 0 Å². The van der Waals surface area contributed by atoms with Crippen molar-refractivity contribution in [2.45, 2.75) is 25.8 Å². The van der Waals surface area contributed by atoms with Crippen LogP contribution in [0.4, 0.5) is 0 Å². The number of rotatable bonds is 5. The van der Waals surface area contributed by atoms with Crippen molar-refractivity contribution in [2.24, 2.45) is 12.8 Å². The Labute approximate surface area is 122 Å². The molecule has 0 bridgehead atoms. The molecule has 0 spiro atoms. The normalized spacial score (nSPS) is 12.3. The summed E-state index contributed by atoms with van der Waals surface area (Å²) in [5.74, 6) is -0.864. The first kappa shape index (κ1) is 15.1. The molecule has 0 amide bonds. The van der Waals surface area contributed by atoms with Crippen molar-refractivity contribution in [1.82, 2.24) is 9.13 Å². The van der Waals surface area contributed by atoms with Crippen LogP contribution in [0.5, 0.6) is 0 Å². The van der Waals surface area contributed by atoms with E-state index in [4.69, 9.17) is 10.8 Å². The van der Waals surface area contributed by atoms with Gasteiger partial charge in [0.2, 0.25) is 0 Å². The molecular weight excluding hydrogens is 270 g/mol. The average Bonchev–Trinajstić information content (AvgIpc) is 2.69. The van der Waals surface area contributed by atoms with E-state index in [0.717, 1.165) is 16.9 Å². The van der Waals surface area contributed by atoms with Gasteiger partial charge in [0.05, 0.1) is 5.69 Å². The molecule has 1 aromatic heterocycles. The van der Waals surface area contributed by atoms with Crippen molar-refractivity contribution in [3.63, 3.8) is 0 Å². The minimum absolute atomic E-state index is 0.0235. The van der Waals surface area contributed by atoms with Gasteiger partial charge in [-0.15, -0.1) is 0 Å². The minimum atomic E-state index is -0.864. The first-order valence-electron chi connectivity index (χ1n) is 6.73. The van der Waals surface area contributed by atoms with Crippen molar-refractivity contribution in [3.05, 3.63) is 52.2 Å². The lowest BCUT2D eigenvalue weighted by Gasteiger charge is -2.13. The third kappa shape index (κ3) is 3.22. The molecule has 2 aromatic rings. The minimum Gasteiger partial charge on any atom is -0.481 e. The molecule has 3 N–H and O–H groups in total. The number of carbonyl (C=O) groups is 1. The number of hydrogen-bond acceptors (Lipinski definition) is 3. The van der Waals surface area contributed by atoms with Crippen molar-refractivity contribution < 1.29 is 9.90 Å². The maximum absolute atomic E-state index is 12.1. The fourth-order valence-electron chi connectivity index (χ4n) is 2.36. The van der Waals surface area contributed by atoms with E-state index in [0.29, 0.717) is 6.42 Å². The van der Waals surface area contributed by atoms with Crippen LogP contribution in [0.25, 0.3) is 5.69 Å². The van der Waals surface area contributed by atoms with E-state index in [1.54, 1.807) is 17.8 Å². The number of nitrogens with zero attached hydrogens (tertiary/aromatic N) is 2. The van der Waals surface area contributed by atoms with Gasteiger partial charge in [0, 0.05) is 31.4 Å². The monoisotopic (exact) mass is 289 g/mol. The van der Waals surface area contributed by atoms with Crippen LogP contribution in [-0.2, 0) is 11.8 Å². The zero-order chi connectivity index (χ0) is 15.6. The van der Waals surface area contributed by atoms with E-state index in [9.17, 15) is 9.59 Å². The maximum Gasteiger partial charge on any atom is 0.332 e. The zero-order valence-electron chi connectivity index (χ0n) is 12.1. The van der Waals surface area contributed by atoms with Crippen LogP contribution < -0.4 is 11.4 Å². The van der Waals surface area contributed by atoms with Gasteiger partial charge in [0.25, 0.3) is 0 Å². The Morgan fingerprint density at radius 1 is 1.43 bits per heavy atom. The number of benzene rings is 1. The molecule has 0 aliphatic carbocycles. The highest BCUT2D eigenvalue weighted by Gasteiger charge is 2.12. The molecule has 0 aliphatic rings. The summed E-state index contributed by atoms with van der Waals surface area (Å²) in [6.45, 7) is 1.86. The number of imidazole rings is 1. The third-order valence-electron chi connectivity index (χ3n) is 3.45. The summed E-state index contributed by atoms with van der Waals surface area (Å²) < 4.78 is 3.12. The predicted molar refractivity (Wildman–Crippen MR) is 79.5 cm³/mol. The van der Waals surface area contributed by atoms with Crippen LogP contribution in [0, 0.1) is 6.92 Å². The lowest BCUT2D eigenvalue weighted by Crippen LogP contribution is -2.21. The number of hydrogen-bond donors (Lipinski definition) is 2. The number of nitrogens with two attached hydrogens (primary N) is 1. The lowest BCUT2D eigenvalue weighted by atomic mass is 10.0. The molecule has 21 heavy (non-hydrogen) atoms. The molecule has 0 saturated carbocycles. The molecule has 0 aliphatic heterocycles. The fourth-order valence-corrected chi connectivity index (χ4v) is 2.36. The van der Waals surface area contributed by atoms with Crippen molar-refractivity contribution >= 4 is 5.97 Å². The van der Waals surface area contributed by atoms with Crippen LogP contribution in [0.1, 0.15) is 30.1 Å². The molecule has 2 rings (SSSR count). The molecule has 1 heterocycles. The topological polar surface area (TPSA) is 90.3 Å². The summed E-state index contributed by atoms with van der Waals surface area (Å²) in [7, 11) is 1.70. The van der Waals surface area contributed by atoms with Gasteiger partial charge in [-0.2, -0.15) is 0 Å². The zero-order valence-corrected chi connectivity index (χ0v) is 12.1. The summed E-state index contributed by atoms with van der Waals surface area (Å²) in [6.07, 6.45) is 2.15. The first-order valence-corrected chi connectivity index (χ1v) is 6.73. The number of aryl methyl sites for hydroxylation is 2. The number of aromatic nitrogens is 2. The van der Waals surface area contributed by atoms with Crippen LogP contribution in [0.15, 0.2) is 35.3 Å². The SMILES string of the molecule is Cc1cn(C)c(=O)n1-c1cccc(C(N)CCC(=O)O)c1.